The molecule has 17 heteroatoms. The quantitative estimate of drug-likeness (QED) is 0.0535. The summed E-state index contributed by atoms with van der Waals surface area (Å²) in [4.78, 5) is 91.5. The highest BCUT2D eigenvalue weighted by Crippen LogP contribution is 2.14. The van der Waals surface area contributed by atoms with Gasteiger partial charge in [-0.3, -0.25) is 39.4 Å². The minimum atomic E-state index is -1.30. The van der Waals surface area contributed by atoms with E-state index >= 15 is 0 Å². The number of nitrogens with one attached hydrogen (secondary N) is 7. The molecule has 0 aliphatic carbocycles. The summed E-state index contributed by atoms with van der Waals surface area (Å²) in [6.07, 6.45) is 2.57. The summed E-state index contributed by atoms with van der Waals surface area (Å²) in [5.74, 6) is -1.64. The van der Waals surface area contributed by atoms with Gasteiger partial charge in [-0.1, -0.05) is 67.0 Å². The van der Waals surface area contributed by atoms with Crippen molar-refractivity contribution >= 4 is 52.9 Å². The molecule has 16 nitrogen and oxygen atoms in total. The second-order valence-corrected chi connectivity index (χ2v) is 13.3. The molecule has 4 unspecified atom stereocenters. The first-order valence-electron chi connectivity index (χ1n) is 16.0. The zero-order valence-electron chi connectivity index (χ0n) is 28.7. The lowest BCUT2D eigenvalue weighted by molar-refractivity contribution is -0.140. The number of carboxylic acids is 1. The fraction of sp³-hybridized carbons (Fsp3) is 0.645. The van der Waals surface area contributed by atoms with Gasteiger partial charge in [0.2, 0.25) is 29.3 Å². The summed E-state index contributed by atoms with van der Waals surface area (Å²) in [7, 11) is 0. The Hall–Kier alpha value is -3.64. The van der Waals surface area contributed by atoms with Crippen LogP contribution in [0.2, 0.25) is 0 Å². The van der Waals surface area contributed by atoms with Crippen LogP contribution < -0.4 is 43.4 Å². The highest BCUT2D eigenvalue weighted by molar-refractivity contribution is 7.99. The second kappa shape index (κ2) is 20.7. The number of amides is 4. The zero-order chi connectivity index (χ0) is 36.7. The van der Waals surface area contributed by atoms with Crippen molar-refractivity contribution in [2.24, 2.45) is 23.6 Å². The van der Waals surface area contributed by atoms with Crippen molar-refractivity contribution < 1.29 is 38.7 Å². The van der Waals surface area contributed by atoms with Crippen LogP contribution in [-0.4, -0.2) is 88.0 Å². The zero-order valence-corrected chi connectivity index (χ0v) is 29.5. The van der Waals surface area contributed by atoms with Crippen LogP contribution in [0.1, 0.15) is 67.7 Å². The molecule has 270 valence electrons. The first-order valence-corrected chi connectivity index (χ1v) is 17.1. The molecular weight excluding hydrogens is 644 g/mol. The predicted octanol–water partition coefficient (Wildman–Crippen LogP) is -0.623. The Morgan fingerprint density at radius 3 is 2.21 bits per heavy atom. The van der Waals surface area contributed by atoms with Crippen LogP contribution in [0.25, 0.3) is 0 Å². The van der Waals surface area contributed by atoms with Crippen LogP contribution >= 0.6 is 11.8 Å². The maximum atomic E-state index is 13.7. The fourth-order valence-corrected chi connectivity index (χ4v) is 5.62. The molecule has 1 rings (SSSR count). The number of hydrogen-bond acceptors (Lipinski definition) is 12. The van der Waals surface area contributed by atoms with Crippen LogP contribution in [0.3, 0.4) is 0 Å². The van der Waals surface area contributed by atoms with Gasteiger partial charge in [0.05, 0.1) is 11.7 Å². The van der Waals surface area contributed by atoms with Crippen molar-refractivity contribution in [2.75, 3.05) is 11.5 Å². The molecule has 0 aromatic carbocycles. The van der Waals surface area contributed by atoms with E-state index < -0.39 is 83.0 Å². The first kappa shape index (κ1) is 42.4. The average molecular weight is 697 g/mol. The molecule has 1 aliphatic rings. The van der Waals surface area contributed by atoms with Crippen LogP contribution in [0.4, 0.5) is 0 Å². The number of carboxylic acid groups (broad SMARTS) is 1. The Balaban J connectivity index is 3.47. The minimum absolute atomic E-state index is 0.0686. The fourth-order valence-electron chi connectivity index (χ4n) is 4.55. The van der Waals surface area contributed by atoms with Gasteiger partial charge in [-0.25, -0.2) is 16.3 Å². The first-order chi connectivity index (χ1) is 22.5. The molecule has 1 aliphatic heterocycles. The number of aliphatic carboxylic acids is 1. The van der Waals surface area contributed by atoms with E-state index in [-0.39, 0.29) is 35.5 Å². The average Bonchev–Trinajstić information content (AvgIpc) is 3.04. The molecule has 0 radical (unpaired) electrons. The molecule has 7 atom stereocenters. The smallest absolute Gasteiger partial charge is 0.322 e. The predicted molar refractivity (Wildman–Crippen MR) is 181 cm³/mol. The van der Waals surface area contributed by atoms with Gasteiger partial charge >= 0.3 is 5.97 Å². The summed E-state index contributed by atoms with van der Waals surface area (Å²) in [6, 6.07) is -5.72. The van der Waals surface area contributed by atoms with Gasteiger partial charge in [-0.2, -0.15) is 11.8 Å². The van der Waals surface area contributed by atoms with Crippen molar-refractivity contribution in [2.45, 2.75) is 97.9 Å². The number of allylic oxidation sites excluding steroid dienone is 2. The molecule has 48 heavy (non-hydrogen) atoms. The van der Waals surface area contributed by atoms with Crippen molar-refractivity contribution in [3.63, 3.8) is 0 Å². The van der Waals surface area contributed by atoms with E-state index in [0.717, 1.165) is 11.8 Å². The maximum absolute atomic E-state index is 13.7. The number of hydrogen-bond donors (Lipinski definition) is 9. The third-order valence-electron chi connectivity index (χ3n) is 7.98. The molecule has 1 heterocycles. The van der Waals surface area contributed by atoms with Crippen LogP contribution in [0, 0.1) is 17.8 Å². The van der Waals surface area contributed by atoms with E-state index in [1.165, 1.54) is 13.0 Å². The molecule has 4 amide bonds. The lowest BCUT2D eigenvalue weighted by Gasteiger charge is -2.28. The minimum Gasteiger partial charge on any atom is -0.480 e. The number of carbonyl (C=O) groups excluding carboxylic acids is 6. The van der Waals surface area contributed by atoms with E-state index in [1.807, 2.05) is 27.7 Å². The van der Waals surface area contributed by atoms with Crippen LogP contribution in [-0.2, 0) is 33.6 Å². The Morgan fingerprint density at radius 2 is 1.69 bits per heavy atom. The van der Waals surface area contributed by atoms with Crippen molar-refractivity contribution in [1.29, 1.82) is 0 Å². The monoisotopic (exact) mass is 696 g/mol. The van der Waals surface area contributed by atoms with Crippen LogP contribution in [0.5, 0.6) is 0 Å². The summed E-state index contributed by atoms with van der Waals surface area (Å²) in [5, 5.41) is 19.9. The number of rotatable bonds is 12. The molecule has 10 N–H and O–H groups in total. The summed E-state index contributed by atoms with van der Waals surface area (Å²) < 4.78 is 0. The number of nitrogens with two attached hydrogens (primary N) is 1. The van der Waals surface area contributed by atoms with Crippen molar-refractivity contribution in [1.82, 2.24) is 37.5 Å². The normalized spacial score (nSPS) is 24.3. The van der Waals surface area contributed by atoms with E-state index in [2.05, 4.69) is 44.1 Å². The molecule has 0 bridgehead atoms. The van der Waals surface area contributed by atoms with Gasteiger partial charge in [0, 0.05) is 11.5 Å². The maximum Gasteiger partial charge on any atom is 0.322 e. The van der Waals surface area contributed by atoms with E-state index in [9.17, 15) is 38.7 Å². The summed E-state index contributed by atoms with van der Waals surface area (Å²) in [6.45, 7) is 15.9. The third kappa shape index (κ3) is 12.8. The van der Waals surface area contributed by atoms with E-state index in [1.54, 1.807) is 13.8 Å². The van der Waals surface area contributed by atoms with Gasteiger partial charge in [-0.05, 0) is 31.1 Å². The molecule has 0 aromatic heterocycles. The Bertz CT molecular complexity index is 1240. The van der Waals surface area contributed by atoms with E-state index in [0.29, 0.717) is 12.8 Å². The van der Waals surface area contributed by atoms with Crippen molar-refractivity contribution in [3.05, 3.63) is 24.0 Å². The third-order valence-corrected chi connectivity index (χ3v) is 9.11. The van der Waals surface area contributed by atoms with Crippen LogP contribution in [0.15, 0.2) is 24.0 Å². The van der Waals surface area contributed by atoms with Gasteiger partial charge in [0.1, 0.15) is 29.9 Å². The lowest BCUT2D eigenvalue weighted by atomic mass is 9.96. The molecule has 0 spiro atoms. The lowest BCUT2D eigenvalue weighted by Crippen LogP contribution is -2.58. The molecule has 0 aromatic rings. The topological polar surface area (TPSA) is 250 Å². The molecule has 1 saturated heterocycles. The van der Waals surface area contributed by atoms with Gasteiger partial charge < -0.3 is 26.4 Å². The van der Waals surface area contributed by atoms with Gasteiger partial charge in [0.15, 0.2) is 0 Å². The molecule has 1 fully saturated rings. The largest absolute Gasteiger partial charge is 0.480 e. The van der Waals surface area contributed by atoms with Gasteiger partial charge in [-0.15, -0.1) is 0 Å². The van der Waals surface area contributed by atoms with E-state index in [4.69, 9.17) is 5.84 Å². The number of Topliss-reactive ketones (excluding diaryl/α,β-unsaturated/α-hetero) is 2. The Labute approximate surface area is 285 Å². The highest BCUT2D eigenvalue weighted by atomic mass is 32.2. The summed E-state index contributed by atoms with van der Waals surface area (Å²) >= 11 is 1.00. The standard InChI is InChI=1S/C31H52N8O8S/c1-9-16(6)23-29(44)33-18(8)25(40)26(41)20(12-15(4)5)38-39-22(31(46)47)14-48-13-21(28(43)36-23)35-27(42)19(11-3)34-30(45)24(37-32)17(7)10-2/h11,15-17,20-24,37-39H,8-10,12-14,32H2,1-7H3,(H,33,44)(H,34,45)(H,35,42)(H,36,43)(H,46,47)/b19-11-/t16?,17-,20+,21?,22?,23?,24+/m1/s1. The van der Waals surface area contributed by atoms with Crippen molar-refractivity contribution in [3.8, 4) is 0 Å². The Morgan fingerprint density at radius 1 is 1.04 bits per heavy atom. The highest BCUT2D eigenvalue weighted by Gasteiger charge is 2.35. The molecular formula is C31H52N8O8S. The van der Waals surface area contributed by atoms with Gasteiger partial charge in [0.25, 0.3) is 5.91 Å². The number of thioether (sulfide) groups is 1. The second-order valence-electron chi connectivity index (χ2n) is 12.2. The summed E-state index contributed by atoms with van der Waals surface area (Å²) in [5.41, 5.74) is 7.01. The number of carbonyl (C=O) groups is 7. The number of hydrazine groups is 2. The number of ketones is 2. The molecule has 0 saturated carbocycles. The SMILES string of the molecule is C=C1NC(=O)C(C(C)CC)NC(=O)C(NC(=O)/C(=C/C)NC(=O)[C@@H](NN)[C@H](C)CC)CSCC(C(=O)O)NN[C@@H](CC(C)C)C(=O)C1=O. The Kier molecular flexibility index (Phi) is 18.2.